The van der Waals surface area contributed by atoms with E-state index in [1.54, 1.807) is 0 Å². The number of benzene rings is 2. The smallest absolute Gasteiger partial charge is 0.266 e. The van der Waals surface area contributed by atoms with Gasteiger partial charge in [0.05, 0.1) is 10.6 Å². The molecule has 0 unspecified atom stereocenters. The molecule has 0 spiro atoms. The van der Waals surface area contributed by atoms with Crippen molar-refractivity contribution in [3.05, 3.63) is 63.5 Å². The van der Waals surface area contributed by atoms with Crippen LogP contribution in [0.4, 0.5) is 5.69 Å². The minimum Gasteiger partial charge on any atom is -0.506 e. The molecule has 1 fully saturated rings. The van der Waals surface area contributed by atoms with E-state index in [1.165, 1.54) is 40.4 Å². The molecule has 0 aromatic heterocycles. The van der Waals surface area contributed by atoms with Crippen LogP contribution in [0.25, 0.3) is 6.08 Å². The van der Waals surface area contributed by atoms with Crippen molar-refractivity contribution in [3.63, 3.8) is 0 Å². The zero-order chi connectivity index (χ0) is 21.7. The molecule has 30 heavy (non-hydrogen) atoms. The molecule has 1 aliphatic heterocycles. The summed E-state index contributed by atoms with van der Waals surface area (Å²) in [5.41, 5.74) is 2.45. The minimum absolute atomic E-state index is 0.0539. The number of carbonyl (C=O) groups excluding carboxylic acids is 2. The Balaban J connectivity index is 1.54. The summed E-state index contributed by atoms with van der Waals surface area (Å²) in [6, 6.07) is 12.5. The lowest BCUT2D eigenvalue weighted by Crippen LogP contribution is -2.29. The van der Waals surface area contributed by atoms with Crippen LogP contribution < -0.4 is 5.32 Å². The third-order valence-electron chi connectivity index (χ3n) is 4.58. The van der Waals surface area contributed by atoms with Crippen LogP contribution in [0.5, 0.6) is 5.75 Å². The predicted molar refractivity (Wildman–Crippen MR) is 127 cm³/mol. The normalized spacial score (nSPS) is 15.1. The van der Waals surface area contributed by atoms with E-state index >= 15 is 0 Å². The summed E-state index contributed by atoms with van der Waals surface area (Å²) in [5, 5.41) is 12.8. The fraction of sp³-hybridized carbons (Fsp3) is 0.227. The molecule has 2 N–H and O–H groups in total. The van der Waals surface area contributed by atoms with E-state index in [0.29, 0.717) is 27.2 Å². The zero-order valence-electron chi connectivity index (χ0n) is 16.4. The summed E-state index contributed by atoms with van der Waals surface area (Å²) in [5.74, 6) is -0.469. The lowest BCUT2D eigenvalue weighted by Gasteiger charge is -2.14. The van der Waals surface area contributed by atoms with E-state index < -0.39 is 0 Å². The Morgan fingerprint density at radius 3 is 2.70 bits per heavy atom. The quantitative estimate of drug-likeness (QED) is 0.336. The molecule has 0 saturated carbocycles. The second-order valence-electron chi connectivity index (χ2n) is 6.74. The SMILES string of the molecule is CCc1ccc(/C=C2/SC(=S)N(CCCC(=O)Nc3cc(Cl)ccc3O)C2=O)cc1. The Morgan fingerprint density at radius 2 is 2.00 bits per heavy atom. The fourth-order valence-corrected chi connectivity index (χ4v) is 4.39. The Labute approximate surface area is 190 Å². The number of phenolic OH excluding ortho intramolecular Hbond substituents is 1. The first-order valence-corrected chi connectivity index (χ1v) is 11.1. The number of thioether (sulfide) groups is 1. The minimum atomic E-state index is -0.274. The number of nitrogens with zero attached hydrogens (tertiary/aromatic N) is 1. The molecule has 2 amide bonds. The molecule has 0 aliphatic carbocycles. The topological polar surface area (TPSA) is 69.6 Å². The molecule has 5 nitrogen and oxygen atoms in total. The van der Waals surface area contributed by atoms with Crippen LogP contribution in [0.1, 0.15) is 30.9 Å². The molecule has 8 heteroatoms. The van der Waals surface area contributed by atoms with Gasteiger partial charge in [0, 0.05) is 18.0 Å². The van der Waals surface area contributed by atoms with Gasteiger partial charge in [-0.25, -0.2) is 0 Å². The van der Waals surface area contributed by atoms with Crippen molar-refractivity contribution in [2.45, 2.75) is 26.2 Å². The van der Waals surface area contributed by atoms with Crippen molar-refractivity contribution >= 4 is 63.5 Å². The van der Waals surface area contributed by atoms with Gasteiger partial charge in [0.2, 0.25) is 5.91 Å². The molecule has 1 heterocycles. The molecule has 1 aliphatic rings. The molecular weight excluding hydrogens is 440 g/mol. The van der Waals surface area contributed by atoms with Gasteiger partial charge >= 0.3 is 0 Å². The number of anilines is 1. The van der Waals surface area contributed by atoms with Crippen molar-refractivity contribution in [2.75, 3.05) is 11.9 Å². The van der Waals surface area contributed by atoms with E-state index in [4.69, 9.17) is 23.8 Å². The number of phenols is 1. The van der Waals surface area contributed by atoms with Crippen LogP contribution in [0.3, 0.4) is 0 Å². The summed E-state index contributed by atoms with van der Waals surface area (Å²) >= 11 is 12.5. The van der Waals surface area contributed by atoms with Gasteiger partial charge in [0.1, 0.15) is 10.1 Å². The molecule has 156 valence electrons. The highest BCUT2D eigenvalue weighted by Gasteiger charge is 2.31. The Bertz CT molecular complexity index is 1010. The third kappa shape index (κ3) is 5.62. The maximum Gasteiger partial charge on any atom is 0.266 e. The maximum atomic E-state index is 12.7. The number of aromatic hydroxyl groups is 1. The summed E-state index contributed by atoms with van der Waals surface area (Å²) < 4.78 is 0.490. The summed E-state index contributed by atoms with van der Waals surface area (Å²) in [6.07, 6.45) is 3.43. The van der Waals surface area contributed by atoms with Crippen molar-refractivity contribution in [1.82, 2.24) is 4.90 Å². The molecule has 0 atom stereocenters. The Hall–Kier alpha value is -2.35. The second-order valence-corrected chi connectivity index (χ2v) is 8.85. The maximum absolute atomic E-state index is 12.7. The van der Waals surface area contributed by atoms with Crippen molar-refractivity contribution in [2.24, 2.45) is 0 Å². The van der Waals surface area contributed by atoms with Crippen LogP contribution in [0.2, 0.25) is 5.02 Å². The lowest BCUT2D eigenvalue weighted by molar-refractivity contribution is -0.122. The van der Waals surface area contributed by atoms with Crippen LogP contribution in [-0.4, -0.2) is 32.7 Å². The molecule has 2 aromatic carbocycles. The Kier molecular flexibility index (Phi) is 7.53. The van der Waals surface area contributed by atoms with Crippen molar-refractivity contribution in [1.29, 1.82) is 0 Å². The number of aryl methyl sites for hydroxylation is 1. The van der Waals surface area contributed by atoms with Gasteiger partial charge < -0.3 is 10.4 Å². The average molecular weight is 461 g/mol. The van der Waals surface area contributed by atoms with Gasteiger partial charge in [-0.05, 0) is 48.2 Å². The third-order valence-corrected chi connectivity index (χ3v) is 6.19. The summed E-state index contributed by atoms with van der Waals surface area (Å²) in [7, 11) is 0. The highest BCUT2D eigenvalue weighted by Crippen LogP contribution is 2.33. The first-order chi connectivity index (χ1) is 14.4. The van der Waals surface area contributed by atoms with Gasteiger partial charge in [0.15, 0.2) is 0 Å². The van der Waals surface area contributed by atoms with Gasteiger partial charge in [-0.15, -0.1) is 0 Å². The number of halogens is 1. The number of rotatable bonds is 7. The van der Waals surface area contributed by atoms with Crippen LogP contribution >= 0.6 is 35.6 Å². The number of hydrogen-bond donors (Lipinski definition) is 2. The summed E-state index contributed by atoms with van der Waals surface area (Å²) in [6.45, 7) is 2.45. The monoisotopic (exact) mass is 460 g/mol. The largest absolute Gasteiger partial charge is 0.506 e. The van der Waals surface area contributed by atoms with E-state index in [0.717, 1.165) is 12.0 Å². The lowest BCUT2D eigenvalue weighted by atomic mass is 10.1. The molecule has 1 saturated heterocycles. The molecule has 0 bridgehead atoms. The average Bonchev–Trinajstić information content (AvgIpc) is 2.98. The van der Waals surface area contributed by atoms with Crippen LogP contribution in [0, 0.1) is 0 Å². The van der Waals surface area contributed by atoms with Crippen LogP contribution in [0.15, 0.2) is 47.4 Å². The highest BCUT2D eigenvalue weighted by molar-refractivity contribution is 8.26. The van der Waals surface area contributed by atoms with E-state index in [9.17, 15) is 14.7 Å². The highest BCUT2D eigenvalue weighted by atomic mass is 35.5. The first-order valence-electron chi connectivity index (χ1n) is 9.50. The zero-order valence-corrected chi connectivity index (χ0v) is 18.7. The number of amides is 2. The number of hydrogen-bond acceptors (Lipinski definition) is 5. The van der Waals surface area contributed by atoms with E-state index in [2.05, 4.69) is 12.2 Å². The molecule has 2 aromatic rings. The van der Waals surface area contributed by atoms with Gasteiger partial charge in [0.25, 0.3) is 5.91 Å². The van der Waals surface area contributed by atoms with Gasteiger partial charge in [-0.3, -0.25) is 14.5 Å². The standard InChI is InChI=1S/C22H21ClN2O3S2/c1-2-14-5-7-15(8-6-14)12-19-21(28)25(22(29)30-19)11-3-4-20(27)24-17-13-16(23)9-10-18(17)26/h5-10,12-13,26H,2-4,11H2,1H3,(H,24,27)/b19-12+. The molecule has 3 rings (SSSR count). The van der Waals surface area contributed by atoms with Crippen molar-refractivity contribution < 1.29 is 14.7 Å². The van der Waals surface area contributed by atoms with E-state index in [-0.39, 0.29) is 29.7 Å². The first kappa shape index (κ1) is 22.3. The van der Waals surface area contributed by atoms with Gasteiger partial charge in [-0.1, -0.05) is 66.8 Å². The number of thiocarbonyl (C=S) groups is 1. The molecule has 0 radical (unpaired) electrons. The summed E-state index contributed by atoms with van der Waals surface area (Å²) in [4.78, 5) is 27.0. The number of nitrogens with one attached hydrogen (secondary N) is 1. The van der Waals surface area contributed by atoms with Gasteiger partial charge in [-0.2, -0.15) is 0 Å². The van der Waals surface area contributed by atoms with E-state index in [1.807, 2.05) is 30.3 Å². The fourth-order valence-electron chi connectivity index (χ4n) is 2.91. The van der Waals surface area contributed by atoms with Crippen molar-refractivity contribution in [3.8, 4) is 5.75 Å². The second kappa shape index (κ2) is 10.1. The van der Waals surface area contributed by atoms with Crippen LogP contribution in [-0.2, 0) is 16.0 Å². The number of carbonyl (C=O) groups is 2. The molecular formula is C22H21ClN2O3S2. The Morgan fingerprint density at radius 1 is 1.27 bits per heavy atom. The predicted octanol–water partition coefficient (Wildman–Crippen LogP) is 5.23.